The van der Waals surface area contributed by atoms with Gasteiger partial charge in [0.25, 0.3) is 11.6 Å². The maximum absolute atomic E-state index is 13.3. The second kappa shape index (κ2) is 9.27. The van der Waals surface area contributed by atoms with E-state index in [0.29, 0.717) is 34.5 Å². The molecule has 0 fully saturated rings. The Morgan fingerprint density at radius 3 is 2.59 bits per heavy atom. The molecule has 4 rings (SSSR count). The standard InChI is InChI=1S/C22H17ClF2N4O3/c1-2-17-27-21(31-11-18(30)26-10-13-5-8-15(25)9-16(13)23)19-20(29-32-22(19)28-17)12-3-6-14(24)7-4-12/h3-9H,2,10-11H2,1H3,(H,26,30). The van der Waals surface area contributed by atoms with Crippen LogP contribution in [0.25, 0.3) is 22.4 Å². The van der Waals surface area contributed by atoms with E-state index < -0.39 is 11.7 Å². The number of nitrogens with zero attached hydrogens (tertiary/aromatic N) is 3. The number of aromatic nitrogens is 3. The van der Waals surface area contributed by atoms with Crippen molar-refractivity contribution in [2.75, 3.05) is 6.61 Å². The summed E-state index contributed by atoms with van der Waals surface area (Å²) < 4.78 is 37.5. The van der Waals surface area contributed by atoms with Crippen LogP contribution in [0.4, 0.5) is 8.78 Å². The Kier molecular flexibility index (Phi) is 6.27. The maximum atomic E-state index is 13.3. The SMILES string of the molecule is CCc1nc(OCC(=O)NCc2ccc(F)cc2Cl)c2c(-c3ccc(F)cc3)noc2n1. The van der Waals surface area contributed by atoms with Gasteiger partial charge in [0.1, 0.15) is 28.5 Å². The van der Waals surface area contributed by atoms with Gasteiger partial charge in [-0.2, -0.15) is 9.97 Å². The summed E-state index contributed by atoms with van der Waals surface area (Å²) in [6, 6.07) is 9.61. The predicted molar refractivity (Wildman–Crippen MR) is 113 cm³/mol. The lowest BCUT2D eigenvalue weighted by Gasteiger charge is -2.10. The van der Waals surface area contributed by atoms with E-state index in [1.807, 2.05) is 6.92 Å². The molecular formula is C22H17ClF2N4O3. The van der Waals surface area contributed by atoms with Crippen LogP contribution in [0.2, 0.25) is 5.02 Å². The molecule has 0 saturated heterocycles. The number of nitrogens with one attached hydrogen (secondary N) is 1. The summed E-state index contributed by atoms with van der Waals surface area (Å²) in [7, 11) is 0. The summed E-state index contributed by atoms with van der Waals surface area (Å²) in [4.78, 5) is 21.0. The lowest BCUT2D eigenvalue weighted by Crippen LogP contribution is -2.28. The molecule has 7 nitrogen and oxygen atoms in total. The minimum Gasteiger partial charge on any atom is -0.467 e. The van der Waals surface area contributed by atoms with Gasteiger partial charge >= 0.3 is 0 Å². The Morgan fingerprint density at radius 2 is 1.88 bits per heavy atom. The number of hydrogen-bond donors (Lipinski definition) is 1. The minimum atomic E-state index is -0.460. The summed E-state index contributed by atoms with van der Waals surface area (Å²) in [5.41, 5.74) is 1.72. The topological polar surface area (TPSA) is 90.1 Å². The Labute approximate surface area is 186 Å². The van der Waals surface area contributed by atoms with Gasteiger partial charge in [-0.3, -0.25) is 4.79 Å². The highest BCUT2D eigenvalue weighted by Gasteiger charge is 2.20. The van der Waals surface area contributed by atoms with Gasteiger partial charge in [-0.05, 0) is 42.0 Å². The second-order valence-electron chi connectivity index (χ2n) is 6.82. The van der Waals surface area contributed by atoms with Gasteiger partial charge in [-0.15, -0.1) is 0 Å². The highest BCUT2D eigenvalue weighted by atomic mass is 35.5. The van der Waals surface area contributed by atoms with Crippen LogP contribution in [0.15, 0.2) is 47.0 Å². The number of aryl methyl sites for hydroxylation is 1. The molecule has 0 aliphatic heterocycles. The van der Waals surface area contributed by atoms with Crippen molar-refractivity contribution in [1.29, 1.82) is 0 Å². The number of carbonyl (C=O) groups excluding carboxylic acids is 1. The number of carbonyl (C=O) groups is 1. The van der Waals surface area contributed by atoms with Gasteiger partial charge in [0.05, 0.1) is 0 Å². The minimum absolute atomic E-state index is 0.106. The lowest BCUT2D eigenvalue weighted by molar-refractivity contribution is -0.123. The van der Waals surface area contributed by atoms with Gasteiger partial charge in [-0.1, -0.05) is 29.7 Å². The number of rotatable bonds is 7. The number of amides is 1. The third-order valence-electron chi connectivity index (χ3n) is 4.61. The van der Waals surface area contributed by atoms with Crippen LogP contribution in [0, 0.1) is 11.6 Å². The van der Waals surface area contributed by atoms with E-state index in [9.17, 15) is 13.6 Å². The van der Waals surface area contributed by atoms with Crippen molar-refractivity contribution in [2.45, 2.75) is 19.9 Å². The molecule has 32 heavy (non-hydrogen) atoms. The Hall–Kier alpha value is -3.59. The number of halogens is 3. The summed E-state index contributed by atoms with van der Waals surface area (Å²) in [6.45, 7) is 1.62. The Balaban J connectivity index is 1.54. The second-order valence-corrected chi connectivity index (χ2v) is 7.23. The average molecular weight is 459 g/mol. The van der Waals surface area contributed by atoms with Crippen LogP contribution < -0.4 is 10.1 Å². The zero-order chi connectivity index (χ0) is 22.7. The Bertz CT molecular complexity index is 1280. The molecule has 1 amide bonds. The van der Waals surface area contributed by atoms with E-state index in [2.05, 4.69) is 20.4 Å². The number of ether oxygens (including phenoxy) is 1. The monoisotopic (exact) mass is 458 g/mol. The molecule has 2 heterocycles. The summed E-state index contributed by atoms with van der Waals surface area (Å²) >= 11 is 5.98. The van der Waals surface area contributed by atoms with E-state index in [4.69, 9.17) is 20.9 Å². The fraction of sp³-hybridized carbons (Fsp3) is 0.182. The zero-order valence-corrected chi connectivity index (χ0v) is 17.6. The molecule has 4 aromatic rings. The summed E-state index contributed by atoms with van der Waals surface area (Å²) in [6.07, 6.45) is 0.508. The maximum Gasteiger partial charge on any atom is 0.265 e. The first-order valence-corrected chi connectivity index (χ1v) is 10.1. The van der Waals surface area contributed by atoms with Gasteiger partial charge in [0.2, 0.25) is 5.88 Å². The number of benzene rings is 2. The van der Waals surface area contributed by atoms with Crippen LogP contribution in [0.1, 0.15) is 18.3 Å². The summed E-state index contributed by atoms with van der Waals surface area (Å²) in [5, 5.41) is 7.27. The molecular weight excluding hydrogens is 442 g/mol. The molecule has 2 aromatic heterocycles. The third kappa shape index (κ3) is 4.67. The molecule has 0 aliphatic rings. The first-order valence-electron chi connectivity index (χ1n) is 9.70. The summed E-state index contributed by atoms with van der Waals surface area (Å²) in [5.74, 6) is -0.704. The van der Waals surface area contributed by atoms with Gasteiger partial charge < -0.3 is 14.6 Å². The molecule has 0 bridgehead atoms. The smallest absolute Gasteiger partial charge is 0.265 e. The van der Waals surface area contributed by atoms with Crippen molar-refractivity contribution >= 4 is 28.6 Å². The molecule has 1 N–H and O–H groups in total. The molecule has 2 aromatic carbocycles. The van der Waals surface area contributed by atoms with Gasteiger partial charge in [0.15, 0.2) is 6.61 Å². The molecule has 0 radical (unpaired) electrons. The average Bonchev–Trinajstić information content (AvgIpc) is 3.21. The fourth-order valence-corrected chi connectivity index (χ4v) is 3.21. The highest BCUT2D eigenvalue weighted by Crippen LogP contribution is 2.33. The Morgan fingerprint density at radius 1 is 1.12 bits per heavy atom. The van der Waals surface area contributed by atoms with Crippen molar-refractivity contribution in [3.05, 3.63) is 70.5 Å². The van der Waals surface area contributed by atoms with Crippen LogP contribution in [-0.2, 0) is 17.8 Å². The van der Waals surface area contributed by atoms with Crippen molar-refractivity contribution in [1.82, 2.24) is 20.4 Å². The highest BCUT2D eigenvalue weighted by molar-refractivity contribution is 6.31. The van der Waals surface area contributed by atoms with E-state index in [1.165, 1.54) is 30.3 Å². The van der Waals surface area contributed by atoms with Crippen LogP contribution in [-0.4, -0.2) is 27.6 Å². The fourth-order valence-electron chi connectivity index (χ4n) is 2.98. The van der Waals surface area contributed by atoms with Crippen LogP contribution in [0.5, 0.6) is 5.88 Å². The van der Waals surface area contributed by atoms with Crippen LogP contribution >= 0.6 is 11.6 Å². The zero-order valence-electron chi connectivity index (χ0n) is 16.9. The van der Waals surface area contributed by atoms with E-state index in [0.717, 1.165) is 0 Å². The first kappa shape index (κ1) is 21.6. The van der Waals surface area contributed by atoms with Crippen molar-refractivity contribution in [3.8, 4) is 17.1 Å². The largest absolute Gasteiger partial charge is 0.467 e. The van der Waals surface area contributed by atoms with Crippen LogP contribution in [0.3, 0.4) is 0 Å². The first-order chi connectivity index (χ1) is 15.4. The molecule has 0 saturated carbocycles. The normalized spacial score (nSPS) is 11.0. The quantitative estimate of drug-likeness (QED) is 0.439. The molecule has 0 spiro atoms. The predicted octanol–water partition coefficient (Wildman–Crippen LogP) is 4.47. The molecule has 0 unspecified atom stereocenters. The van der Waals surface area contributed by atoms with Crippen molar-refractivity contribution in [2.24, 2.45) is 0 Å². The molecule has 10 heteroatoms. The van der Waals surface area contributed by atoms with E-state index >= 15 is 0 Å². The number of fused-ring (bicyclic) bond motifs is 1. The lowest BCUT2D eigenvalue weighted by atomic mass is 10.1. The molecule has 0 aliphatic carbocycles. The van der Waals surface area contributed by atoms with E-state index in [1.54, 1.807) is 12.1 Å². The van der Waals surface area contributed by atoms with Crippen molar-refractivity contribution < 1.29 is 22.8 Å². The van der Waals surface area contributed by atoms with Crippen molar-refractivity contribution in [3.63, 3.8) is 0 Å². The third-order valence-corrected chi connectivity index (χ3v) is 4.97. The van der Waals surface area contributed by atoms with E-state index in [-0.39, 0.29) is 35.6 Å². The number of hydrogen-bond acceptors (Lipinski definition) is 6. The molecule has 164 valence electrons. The van der Waals surface area contributed by atoms with Gasteiger partial charge in [-0.25, -0.2) is 8.78 Å². The van der Waals surface area contributed by atoms with Gasteiger partial charge in [0, 0.05) is 23.6 Å². The molecule has 0 atom stereocenters.